The fourth-order valence-electron chi connectivity index (χ4n) is 3.93. The number of thioether (sulfide) groups is 1. The van der Waals surface area contributed by atoms with Gasteiger partial charge in [0.05, 0.1) is 32.0 Å². The first-order chi connectivity index (χ1) is 15.7. The molecule has 1 fully saturated rings. The van der Waals surface area contributed by atoms with Gasteiger partial charge in [-0.2, -0.15) is 0 Å². The van der Waals surface area contributed by atoms with Crippen LogP contribution < -0.4 is 0 Å². The van der Waals surface area contributed by atoms with E-state index in [1.54, 1.807) is 11.8 Å². The average molecular weight is 451 g/mol. The summed E-state index contributed by atoms with van der Waals surface area (Å²) in [6.07, 6.45) is -0.818. The molecule has 5 heteroatoms. The van der Waals surface area contributed by atoms with Crippen LogP contribution in [0.5, 0.6) is 0 Å². The van der Waals surface area contributed by atoms with Crippen molar-refractivity contribution in [2.75, 3.05) is 6.61 Å². The highest BCUT2D eigenvalue weighted by atomic mass is 32.2. The van der Waals surface area contributed by atoms with Crippen molar-refractivity contribution < 1.29 is 19.3 Å². The van der Waals surface area contributed by atoms with E-state index in [4.69, 9.17) is 14.2 Å². The van der Waals surface area contributed by atoms with E-state index in [2.05, 4.69) is 43.3 Å². The quantitative estimate of drug-likeness (QED) is 0.479. The van der Waals surface area contributed by atoms with Gasteiger partial charge in [-0.25, -0.2) is 0 Å². The zero-order valence-electron chi connectivity index (χ0n) is 18.2. The summed E-state index contributed by atoms with van der Waals surface area (Å²) in [5.74, 6) is -0.0166. The first kappa shape index (κ1) is 23.0. The predicted molar refractivity (Wildman–Crippen MR) is 127 cm³/mol. The monoisotopic (exact) mass is 450 g/mol. The van der Waals surface area contributed by atoms with Crippen LogP contribution in [0.1, 0.15) is 18.1 Å². The Labute approximate surface area is 194 Å². The number of hydrogen-bond acceptors (Lipinski definition) is 5. The van der Waals surface area contributed by atoms with E-state index in [0.717, 1.165) is 16.0 Å². The number of hydrogen-bond donors (Lipinski definition) is 1. The molecule has 1 heterocycles. The van der Waals surface area contributed by atoms with Crippen LogP contribution in [0.4, 0.5) is 0 Å². The fraction of sp³-hybridized carbons (Fsp3) is 0.333. The van der Waals surface area contributed by atoms with Crippen molar-refractivity contribution in [2.24, 2.45) is 5.92 Å². The Morgan fingerprint density at radius 3 is 1.78 bits per heavy atom. The molecule has 2 unspecified atom stereocenters. The second-order valence-corrected chi connectivity index (χ2v) is 9.21. The zero-order chi connectivity index (χ0) is 22.2. The maximum absolute atomic E-state index is 10.0. The summed E-state index contributed by atoms with van der Waals surface area (Å²) in [4.78, 5) is 1.10. The molecule has 4 rings (SSSR count). The molecule has 0 radical (unpaired) electrons. The summed E-state index contributed by atoms with van der Waals surface area (Å²) >= 11 is 1.62. The minimum atomic E-state index is -0.312. The van der Waals surface area contributed by atoms with Gasteiger partial charge >= 0.3 is 0 Å². The lowest BCUT2D eigenvalue weighted by molar-refractivity contribution is -0.214. The number of benzene rings is 3. The molecule has 0 saturated carbocycles. The van der Waals surface area contributed by atoms with Gasteiger partial charge in [-0.05, 0) is 23.3 Å². The molecule has 3 aromatic carbocycles. The van der Waals surface area contributed by atoms with E-state index >= 15 is 0 Å². The van der Waals surface area contributed by atoms with E-state index in [1.807, 2.05) is 54.6 Å². The number of rotatable bonds is 9. The molecule has 0 amide bonds. The first-order valence-electron chi connectivity index (χ1n) is 11.0. The van der Waals surface area contributed by atoms with Crippen molar-refractivity contribution in [3.05, 3.63) is 102 Å². The van der Waals surface area contributed by atoms with Gasteiger partial charge in [-0.15, -0.1) is 0 Å². The molecule has 32 heavy (non-hydrogen) atoms. The van der Waals surface area contributed by atoms with Gasteiger partial charge in [0.15, 0.2) is 0 Å². The standard InChI is InChI=1S/C27H30O4S/c1-20-24(17-28)31-27(32-23-15-9-4-10-16-23)26(30-19-22-13-7-3-8-14-22)25(20)29-18-21-11-5-2-6-12-21/h2-16,20,24-28H,17-19H2,1H3/t20-,24?,25-,26?,27-/m0/s1. The van der Waals surface area contributed by atoms with Gasteiger partial charge in [0.2, 0.25) is 0 Å². The van der Waals surface area contributed by atoms with Crippen molar-refractivity contribution >= 4 is 11.8 Å². The second-order valence-electron chi connectivity index (χ2n) is 8.04. The third kappa shape index (κ3) is 6.00. The van der Waals surface area contributed by atoms with Crippen LogP contribution in [0.25, 0.3) is 0 Å². The molecule has 1 saturated heterocycles. The third-order valence-corrected chi connectivity index (χ3v) is 6.91. The van der Waals surface area contributed by atoms with Gasteiger partial charge in [0.1, 0.15) is 11.5 Å². The van der Waals surface area contributed by atoms with Crippen LogP contribution in [0.15, 0.2) is 95.9 Å². The molecular weight excluding hydrogens is 420 g/mol. The van der Waals surface area contributed by atoms with Crippen LogP contribution >= 0.6 is 11.8 Å². The number of aliphatic hydroxyl groups excluding tert-OH is 1. The maximum atomic E-state index is 10.0. The van der Waals surface area contributed by atoms with Crippen molar-refractivity contribution in [3.8, 4) is 0 Å². The third-order valence-electron chi connectivity index (χ3n) is 5.75. The van der Waals surface area contributed by atoms with Crippen LogP contribution in [0.2, 0.25) is 0 Å². The molecular formula is C27H30O4S. The highest BCUT2D eigenvalue weighted by molar-refractivity contribution is 7.99. The lowest BCUT2D eigenvalue weighted by Crippen LogP contribution is -2.55. The Balaban J connectivity index is 1.56. The number of ether oxygens (including phenoxy) is 3. The lowest BCUT2D eigenvalue weighted by Gasteiger charge is -2.44. The van der Waals surface area contributed by atoms with E-state index in [1.165, 1.54) is 0 Å². The van der Waals surface area contributed by atoms with Crippen molar-refractivity contribution in [1.82, 2.24) is 0 Å². The maximum Gasteiger partial charge on any atom is 0.136 e. The molecule has 1 aliphatic heterocycles. The molecule has 0 aliphatic carbocycles. The van der Waals surface area contributed by atoms with Crippen molar-refractivity contribution in [3.63, 3.8) is 0 Å². The molecule has 1 aliphatic rings. The Kier molecular flexibility index (Phi) is 8.37. The topological polar surface area (TPSA) is 47.9 Å². The SMILES string of the molecule is C[C@H]1C(CO)O[C@@H](Sc2ccccc2)C(OCc2ccccc2)[C@H]1OCc1ccccc1. The molecule has 0 spiro atoms. The molecule has 3 aromatic rings. The van der Waals surface area contributed by atoms with Crippen LogP contribution in [0, 0.1) is 5.92 Å². The number of aliphatic hydroxyl groups is 1. The summed E-state index contributed by atoms with van der Waals surface area (Å²) in [5.41, 5.74) is 1.92. The minimum Gasteiger partial charge on any atom is -0.394 e. The van der Waals surface area contributed by atoms with E-state index in [0.29, 0.717) is 13.2 Å². The molecule has 4 nitrogen and oxygen atoms in total. The van der Waals surface area contributed by atoms with E-state index in [9.17, 15) is 5.11 Å². The van der Waals surface area contributed by atoms with E-state index < -0.39 is 0 Å². The Morgan fingerprint density at radius 2 is 1.25 bits per heavy atom. The minimum absolute atomic E-state index is 0.0166. The largest absolute Gasteiger partial charge is 0.394 e. The summed E-state index contributed by atoms with van der Waals surface area (Å²) in [6, 6.07) is 30.4. The van der Waals surface area contributed by atoms with Gasteiger partial charge in [0, 0.05) is 10.8 Å². The zero-order valence-corrected chi connectivity index (χ0v) is 19.1. The summed E-state index contributed by atoms with van der Waals surface area (Å²) in [7, 11) is 0. The van der Waals surface area contributed by atoms with Gasteiger partial charge in [-0.3, -0.25) is 0 Å². The highest BCUT2D eigenvalue weighted by Gasteiger charge is 2.45. The van der Waals surface area contributed by atoms with Gasteiger partial charge < -0.3 is 19.3 Å². The van der Waals surface area contributed by atoms with Crippen molar-refractivity contribution in [1.29, 1.82) is 0 Å². The smallest absolute Gasteiger partial charge is 0.136 e. The highest BCUT2D eigenvalue weighted by Crippen LogP contribution is 2.38. The Morgan fingerprint density at radius 1 is 0.750 bits per heavy atom. The second kappa shape index (κ2) is 11.6. The van der Waals surface area contributed by atoms with Gasteiger partial charge in [0.25, 0.3) is 0 Å². The fourth-order valence-corrected chi connectivity index (χ4v) is 5.08. The first-order valence-corrected chi connectivity index (χ1v) is 11.9. The average Bonchev–Trinajstić information content (AvgIpc) is 2.85. The lowest BCUT2D eigenvalue weighted by atomic mass is 9.91. The molecule has 1 N–H and O–H groups in total. The summed E-state index contributed by atoms with van der Waals surface area (Å²) < 4.78 is 19.3. The molecule has 0 bridgehead atoms. The van der Waals surface area contributed by atoms with Crippen LogP contribution in [-0.4, -0.2) is 35.5 Å². The van der Waals surface area contributed by atoms with Crippen LogP contribution in [-0.2, 0) is 27.4 Å². The molecule has 0 aromatic heterocycles. The predicted octanol–water partition coefficient (Wildman–Crippen LogP) is 5.30. The molecule has 168 valence electrons. The summed E-state index contributed by atoms with van der Waals surface area (Å²) in [5, 5.41) is 10.0. The summed E-state index contributed by atoms with van der Waals surface area (Å²) in [6.45, 7) is 2.98. The van der Waals surface area contributed by atoms with Crippen molar-refractivity contribution in [2.45, 2.75) is 48.8 Å². The molecule has 5 atom stereocenters. The normalized spacial score (nSPS) is 25.5. The Hall–Kier alpha value is -2.15. The van der Waals surface area contributed by atoms with Gasteiger partial charge in [-0.1, -0.05) is 97.5 Å². The Bertz CT molecular complexity index is 922. The van der Waals surface area contributed by atoms with Crippen LogP contribution in [0.3, 0.4) is 0 Å². The van der Waals surface area contributed by atoms with E-state index in [-0.39, 0.29) is 36.3 Å².